The predicted octanol–water partition coefficient (Wildman–Crippen LogP) is 6.23. The molecule has 0 fully saturated rings. The first-order valence-electron chi connectivity index (χ1n) is 11.2. The van der Waals surface area contributed by atoms with E-state index in [-0.39, 0.29) is 0 Å². The standard InChI is InChI=1S/C27H29NO/c1-17-14-24-22(18(17)2)8-9-25-23(24)10-11-27(3,29-25)21-15-19-6-4-12-28-13-5-7-20(16-21)26(19)28/h8-11,14-16,18H,4-7,12-13H2,1-3H3/t18?,27-/m0/s1. The van der Waals surface area contributed by atoms with Crippen molar-refractivity contribution in [3.63, 3.8) is 0 Å². The topological polar surface area (TPSA) is 12.5 Å². The molecule has 1 unspecified atom stereocenters. The van der Waals surface area contributed by atoms with Crippen LogP contribution in [0.3, 0.4) is 0 Å². The largest absolute Gasteiger partial charge is 0.478 e. The summed E-state index contributed by atoms with van der Waals surface area (Å²) in [5.41, 5.74) is 10.9. The van der Waals surface area contributed by atoms with Gasteiger partial charge in [0.25, 0.3) is 0 Å². The fraction of sp³-hybridized carbons (Fsp3) is 0.407. The lowest BCUT2D eigenvalue weighted by atomic mass is 9.84. The highest BCUT2D eigenvalue weighted by Crippen LogP contribution is 2.46. The lowest BCUT2D eigenvalue weighted by Gasteiger charge is -2.39. The van der Waals surface area contributed by atoms with Crippen LogP contribution in [0.5, 0.6) is 5.75 Å². The molecule has 2 aromatic carbocycles. The van der Waals surface area contributed by atoms with Crippen molar-refractivity contribution in [2.24, 2.45) is 0 Å². The quantitative estimate of drug-likeness (QED) is 0.579. The van der Waals surface area contributed by atoms with E-state index in [0.717, 1.165) is 5.75 Å². The van der Waals surface area contributed by atoms with E-state index in [1.165, 1.54) is 83.4 Å². The highest BCUT2D eigenvalue weighted by Gasteiger charge is 2.34. The first kappa shape index (κ1) is 17.4. The molecule has 3 heterocycles. The van der Waals surface area contributed by atoms with E-state index in [2.05, 4.69) is 68.2 Å². The minimum atomic E-state index is -0.407. The van der Waals surface area contributed by atoms with E-state index in [1.807, 2.05) is 0 Å². The van der Waals surface area contributed by atoms with Gasteiger partial charge in [0.2, 0.25) is 0 Å². The maximum Gasteiger partial charge on any atom is 0.150 e. The number of nitrogens with zero attached hydrogens (tertiary/aromatic N) is 1. The number of fused-ring (bicyclic) bond motifs is 3. The Bertz CT molecular complexity index is 1060. The third-order valence-electron chi connectivity index (χ3n) is 7.60. The van der Waals surface area contributed by atoms with E-state index in [0.29, 0.717) is 5.92 Å². The van der Waals surface area contributed by atoms with Crippen LogP contribution in [-0.4, -0.2) is 13.1 Å². The molecule has 2 aromatic rings. The van der Waals surface area contributed by atoms with E-state index in [1.54, 1.807) is 0 Å². The van der Waals surface area contributed by atoms with Gasteiger partial charge in [0, 0.05) is 30.3 Å². The average molecular weight is 384 g/mol. The molecular weight excluding hydrogens is 354 g/mol. The summed E-state index contributed by atoms with van der Waals surface area (Å²) in [4.78, 5) is 2.61. The highest BCUT2D eigenvalue weighted by molar-refractivity contribution is 5.79. The average Bonchev–Trinajstić information content (AvgIpc) is 3.02. The van der Waals surface area contributed by atoms with Crippen molar-refractivity contribution in [2.45, 2.75) is 58.0 Å². The summed E-state index contributed by atoms with van der Waals surface area (Å²) in [6, 6.07) is 9.29. The van der Waals surface area contributed by atoms with Gasteiger partial charge in [-0.2, -0.15) is 0 Å². The lowest BCUT2D eigenvalue weighted by molar-refractivity contribution is 0.138. The minimum absolute atomic E-state index is 0.407. The lowest BCUT2D eigenvalue weighted by Crippen LogP contribution is -2.36. The Kier molecular flexibility index (Phi) is 3.60. The van der Waals surface area contributed by atoms with Crippen LogP contribution in [0.4, 0.5) is 5.69 Å². The number of hydrogen-bond donors (Lipinski definition) is 0. The maximum absolute atomic E-state index is 6.71. The first-order valence-corrected chi connectivity index (χ1v) is 11.2. The zero-order chi connectivity index (χ0) is 19.8. The number of aryl methyl sites for hydroxylation is 2. The summed E-state index contributed by atoms with van der Waals surface area (Å²) in [6.45, 7) is 9.19. The van der Waals surface area contributed by atoms with Crippen LogP contribution in [0.15, 0.2) is 35.9 Å². The van der Waals surface area contributed by atoms with Crippen LogP contribution < -0.4 is 9.64 Å². The second kappa shape index (κ2) is 6.01. The van der Waals surface area contributed by atoms with Crippen LogP contribution >= 0.6 is 0 Å². The number of rotatable bonds is 1. The smallest absolute Gasteiger partial charge is 0.150 e. The molecule has 0 spiro atoms. The molecule has 0 radical (unpaired) electrons. The molecule has 2 atom stereocenters. The SMILES string of the molecule is CC1=Cc2c(ccc3c2C=C[C@@](C)(c2cc4c5c(c2)CCCN5CCC4)O3)C1C. The molecule has 0 N–H and O–H groups in total. The molecule has 6 rings (SSSR count). The number of allylic oxidation sites excluding steroid dienone is 1. The van der Waals surface area contributed by atoms with Crippen molar-refractivity contribution in [3.8, 4) is 5.75 Å². The van der Waals surface area contributed by atoms with Gasteiger partial charge in [-0.25, -0.2) is 0 Å². The first-order chi connectivity index (χ1) is 14.0. The van der Waals surface area contributed by atoms with Gasteiger partial charge in [-0.05, 0) is 91.6 Å². The van der Waals surface area contributed by atoms with E-state index < -0.39 is 5.60 Å². The molecule has 0 saturated carbocycles. The Balaban J connectivity index is 1.43. The zero-order valence-corrected chi connectivity index (χ0v) is 17.7. The van der Waals surface area contributed by atoms with Crippen LogP contribution in [0.1, 0.15) is 72.9 Å². The molecule has 2 heteroatoms. The van der Waals surface area contributed by atoms with Gasteiger partial charge in [-0.15, -0.1) is 0 Å². The second-order valence-electron chi connectivity index (χ2n) is 9.47. The van der Waals surface area contributed by atoms with E-state index >= 15 is 0 Å². The Hall–Kier alpha value is -2.48. The number of benzene rings is 2. The number of ether oxygens (including phenoxy) is 1. The van der Waals surface area contributed by atoms with Gasteiger partial charge >= 0.3 is 0 Å². The van der Waals surface area contributed by atoms with Crippen molar-refractivity contribution >= 4 is 17.8 Å². The molecule has 4 aliphatic rings. The number of hydrogen-bond acceptors (Lipinski definition) is 2. The number of anilines is 1. The Morgan fingerprint density at radius 1 is 1.03 bits per heavy atom. The maximum atomic E-state index is 6.71. The molecule has 29 heavy (non-hydrogen) atoms. The molecule has 0 aromatic heterocycles. The second-order valence-corrected chi connectivity index (χ2v) is 9.47. The summed E-state index contributed by atoms with van der Waals surface area (Å²) in [5, 5.41) is 0. The fourth-order valence-corrected chi connectivity index (χ4v) is 5.78. The van der Waals surface area contributed by atoms with E-state index in [4.69, 9.17) is 4.74 Å². The van der Waals surface area contributed by atoms with Crippen molar-refractivity contribution in [3.05, 3.63) is 69.3 Å². The van der Waals surface area contributed by atoms with Crippen LogP contribution in [0, 0.1) is 0 Å². The molecule has 1 aliphatic carbocycles. The zero-order valence-electron chi connectivity index (χ0n) is 17.7. The Labute approximate surface area is 173 Å². The summed E-state index contributed by atoms with van der Waals surface area (Å²) >= 11 is 0. The third-order valence-corrected chi connectivity index (χ3v) is 7.60. The molecule has 0 bridgehead atoms. The van der Waals surface area contributed by atoms with Gasteiger partial charge in [0.1, 0.15) is 11.4 Å². The van der Waals surface area contributed by atoms with Gasteiger partial charge in [-0.3, -0.25) is 0 Å². The summed E-state index contributed by atoms with van der Waals surface area (Å²) < 4.78 is 6.71. The Morgan fingerprint density at radius 2 is 1.76 bits per heavy atom. The summed E-state index contributed by atoms with van der Waals surface area (Å²) in [5.74, 6) is 1.52. The fourth-order valence-electron chi connectivity index (χ4n) is 5.78. The summed E-state index contributed by atoms with van der Waals surface area (Å²) in [6.07, 6.45) is 11.8. The normalized spacial score (nSPS) is 26.4. The van der Waals surface area contributed by atoms with Gasteiger partial charge in [0.05, 0.1) is 0 Å². The van der Waals surface area contributed by atoms with Crippen molar-refractivity contribution in [1.82, 2.24) is 0 Å². The predicted molar refractivity (Wildman–Crippen MR) is 121 cm³/mol. The molecule has 0 saturated heterocycles. The third kappa shape index (κ3) is 2.48. The van der Waals surface area contributed by atoms with E-state index in [9.17, 15) is 0 Å². The van der Waals surface area contributed by atoms with Crippen LogP contribution in [-0.2, 0) is 18.4 Å². The molecular formula is C27H29NO. The van der Waals surface area contributed by atoms with Crippen LogP contribution in [0.2, 0.25) is 0 Å². The Morgan fingerprint density at radius 3 is 2.48 bits per heavy atom. The van der Waals surface area contributed by atoms with Crippen molar-refractivity contribution in [2.75, 3.05) is 18.0 Å². The van der Waals surface area contributed by atoms with Crippen molar-refractivity contribution < 1.29 is 4.74 Å². The molecule has 2 nitrogen and oxygen atoms in total. The van der Waals surface area contributed by atoms with Gasteiger partial charge < -0.3 is 9.64 Å². The van der Waals surface area contributed by atoms with Crippen molar-refractivity contribution in [1.29, 1.82) is 0 Å². The van der Waals surface area contributed by atoms with Gasteiger partial charge in [-0.1, -0.05) is 30.7 Å². The van der Waals surface area contributed by atoms with Gasteiger partial charge in [0.15, 0.2) is 0 Å². The molecule has 3 aliphatic heterocycles. The molecule has 0 amide bonds. The highest BCUT2D eigenvalue weighted by atomic mass is 16.5. The summed E-state index contributed by atoms with van der Waals surface area (Å²) in [7, 11) is 0. The monoisotopic (exact) mass is 383 g/mol. The molecule has 148 valence electrons. The van der Waals surface area contributed by atoms with Crippen LogP contribution in [0.25, 0.3) is 12.2 Å². The minimum Gasteiger partial charge on any atom is -0.478 e.